The van der Waals surface area contributed by atoms with E-state index < -0.39 is 17.8 Å². The highest BCUT2D eigenvalue weighted by Gasteiger charge is 2.29. The van der Waals surface area contributed by atoms with Gasteiger partial charge in [-0.2, -0.15) is 0 Å². The molecule has 0 radical (unpaired) electrons. The number of benzene rings is 1. The second kappa shape index (κ2) is 8.58. The van der Waals surface area contributed by atoms with Gasteiger partial charge >= 0.3 is 6.09 Å². The topological polar surface area (TPSA) is 124 Å². The van der Waals surface area contributed by atoms with Gasteiger partial charge in [0.05, 0.1) is 29.9 Å². The second-order valence-electron chi connectivity index (χ2n) is 8.24. The summed E-state index contributed by atoms with van der Waals surface area (Å²) in [5.41, 5.74) is 1.24. The monoisotopic (exact) mass is 464 g/mol. The van der Waals surface area contributed by atoms with Crippen molar-refractivity contribution in [1.82, 2.24) is 19.4 Å². The van der Waals surface area contributed by atoms with E-state index in [1.807, 2.05) is 0 Å². The highest BCUT2D eigenvalue weighted by atomic mass is 19.1. The summed E-state index contributed by atoms with van der Waals surface area (Å²) in [5, 5.41) is 5.27. The number of anilines is 2. The minimum atomic E-state index is -0.609. The lowest BCUT2D eigenvalue weighted by Crippen LogP contribution is -2.18. The zero-order valence-electron chi connectivity index (χ0n) is 18.4. The number of amides is 2. The molecule has 0 bridgehead atoms. The van der Waals surface area contributed by atoms with Gasteiger partial charge in [-0.05, 0) is 44.9 Å². The van der Waals surface area contributed by atoms with Crippen LogP contribution in [0, 0.1) is 5.82 Å². The molecule has 1 aliphatic carbocycles. The molecular formula is C23H21FN6O4. The van der Waals surface area contributed by atoms with Crippen molar-refractivity contribution in [2.45, 2.75) is 38.7 Å². The summed E-state index contributed by atoms with van der Waals surface area (Å²) < 4.78 is 26.8. The number of aromatic nitrogens is 4. The Labute approximate surface area is 193 Å². The first-order chi connectivity index (χ1) is 16.4. The third-order valence-corrected chi connectivity index (χ3v) is 5.07. The van der Waals surface area contributed by atoms with E-state index in [1.165, 1.54) is 30.6 Å². The van der Waals surface area contributed by atoms with Gasteiger partial charge in [-0.1, -0.05) is 0 Å². The molecule has 1 saturated carbocycles. The molecular weight excluding hydrogens is 443 g/mol. The highest BCUT2D eigenvalue weighted by Crippen LogP contribution is 2.39. The fraction of sp³-hybridized carbons (Fsp3) is 0.261. The van der Waals surface area contributed by atoms with E-state index in [9.17, 15) is 14.0 Å². The van der Waals surface area contributed by atoms with Crippen molar-refractivity contribution in [3.8, 4) is 11.3 Å². The third-order valence-electron chi connectivity index (χ3n) is 5.07. The van der Waals surface area contributed by atoms with Crippen LogP contribution in [-0.4, -0.2) is 37.5 Å². The van der Waals surface area contributed by atoms with Crippen LogP contribution in [0.1, 0.15) is 49.1 Å². The number of nitrogens with zero attached hydrogens (tertiary/aromatic N) is 4. The van der Waals surface area contributed by atoms with Crippen molar-refractivity contribution in [3.05, 3.63) is 60.5 Å². The average Bonchev–Trinajstić information content (AvgIpc) is 3.36. The molecule has 0 saturated heterocycles. The molecule has 3 aromatic heterocycles. The highest BCUT2D eigenvalue weighted by molar-refractivity contribution is 6.02. The Kier molecular flexibility index (Phi) is 5.44. The fourth-order valence-corrected chi connectivity index (χ4v) is 3.34. The summed E-state index contributed by atoms with van der Waals surface area (Å²) >= 11 is 0. The minimum Gasteiger partial charge on any atom is -0.447 e. The molecule has 0 aliphatic heterocycles. The number of ether oxygens (including phenoxy) is 1. The predicted molar refractivity (Wildman–Crippen MR) is 120 cm³/mol. The number of halogens is 1. The number of fused-ring (bicyclic) bond motifs is 1. The van der Waals surface area contributed by atoms with Gasteiger partial charge in [0.15, 0.2) is 5.89 Å². The SMILES string of the molecule is CC(C)OC(=O)Nc1cnc2nc(-c3cc(NC(=O)c4cnc(C5CC5)o4)ccc3F)cn2c1. The van der Waals surface area contributed by atoms with Gasteiger partial charge in [-0.15, -0.1) is 0 Å². The van der Waals surface area contributed by atoms with Crippen molar-refractivity contribution in [1.29, 1.82) is 0 Å². The second-order valence-corrected chi connectivity index (χ2v) is 8.24. The number of rotatable bonds is 6. The maximum atomic E-state index is 14.6. The van der Waals surface area contributed by atoms with Gasteiger partial charge < -0.3 is 14.5 Å². The zero-order valence-corrected chi connectivity index (χ0v) is 18.4. The van der Waals surface area contributed by atoms with Crippen LogP contribution in [0.15, 0.2) is 47.4 Å². The first kappa shape index (κ1) is 21.6. The Morgan fingerprint density at radius 2 is 1.97 bits per heavy atom. The molecule has 10 nitrogen and oxygen atoms in total. The van der Waals surface area contributed by atoms with E-state index in [-0.39, 0.29) is 17.4 Å². The molecule has 2 N–H and O–H groups in total. The molecule has 11 heteroatoms. The van der Waals surface area contributed by atoms with Gasteiger partial charge in [-0.25, -0.2) is 24.1 Å². The largest absolute Gasteiger partial charge is 0.447 e. The van der Waals surface area contributed by atoms with E-state index in [4.69, 9.17) is 9.15 Å². The molecule has 5 rings (SSSR count). The third kappa shape index (κ3) is 4.58. The fourth-order valence-electron chi connectivity index (χ4n) is 3.34. The molecule has 1 aromatic carbocycles. The number of carbonyl (C=O) groups excluding carboxylic acids is 2. The molecule has 174 valence electrons. The van der Waals surface area contributed by atoms with Crippen molar-refractivity contribution < 1.29 is 23.1 Å². The Morgan fingerprint density at radius 1 is 1.15 bits per heavy atom. The molecule has 2 amide bonds. The normalized spacial score (nSPS) is 13.3. The number of carbonyl (C=O) groups is 2. The average molecular weight is 464 g/mol. The first-order valence-corrected chi connectivity index (χ1v) is 10.7. The number of nitrogens with one attached hydrogen (secondary N) is 2. The van der Waals surface area contributed by atoms with Gasteiger partial charge in [0, 0.05) is 29.6 Å². The lowest BCUT2D eigenvalue weighted by Gasteiger charge is -2.09. The van der Waals surface area contributed by atoms with Crippen LogP contribution >= 0.6 is 0 Å². The van der Waals surface area contributed by atoms with E-state index >= 15 is 0 Å². The summed E-state index contributed by atoms with van der Waals surface area (Å²) in [7, 11) is 0. The lowest BCUT2D eigenvalue weighted by molar-refractivity contribution is 0.0994. The summed E-state index contributed by atoms with van der Waals surface area (Å²) in [6.45, 7) is 3.48. The molecule has 0 spiro atoms. The van der Waals surface area contributed by atoms with Crippen LogP contribution in [-0.2, 0) is 4.74 Å². The van der Waals surface area contributed by atoms with E-state index in [0.29, 0.717) is 34.7 Å². The smallest absolute Gasteiger partial charge is 0.411 e. The quantitative estimate of drug-likeness (QED) is 0.427. The summed E-state index contributed by atoms with van der Waals surface area (Å²) in [4.78, 5) is 37.0. The van der Waals surface area contributed by atoms with Gasteiger partial charge in [-0.3, -0.25) is 14.5 Å². The molecule has 1 fully saturated rings. The number of oxazole rings is 1. The maximum Gasteiger partial charge on any atom is 0.411 e. The first-order valence-electron chi connectivity index (χ1n) is 10.7. The van der Waals surface area contributed by atoms with E-state index in [0.717, 1.165) is 12.8 Å². The molecule has 1 aliphatic rings. The Hall–Kier alpha value is -4.28. The number of imidazole rings is 1. The van der Waals surface area contributed by atoms with Crippen LogP contribution in [0.4, 0.5) is 20.6 Å². The van der Waals surface area contributed by atoms with Crippen LogP contribution in [0.2, 0.25) is 0 Å². The van der Waals surface area contributed by atoms with Crippen LogP contribution < -0.4 is 10.6 Å². The lowest BCUT2D eigenvalue weighted by atomic mass is 10.1. The van der Waals surface area contributed by atoms with Crippen molar-refractivity contribution in [2.75, 3.05) is 10.6 Å². The van der Waals surface area contributed by atoms with Crippen LogP contribution in [0.5, 0.6) is 0 Å². The Morgan fingerprint density at radius 3 is 2.74 bits per heavy atom. The number of hydrogen-bond donors (Lipinski definition) is 2. The zero-order chi connectivity index (χ0) is 23.8. The Balaban J connectivity index is 1.36. The van der Waals surface area contributed by atoms with Crippen molar-refractivity contribution in [3.63, 3.8) is 0 Å². The maximum absolute atomic E-state index is 14.6. The summed E-state index contributed by atoms with van der Waals surface area (Å²) in [6.07, 6.45) is 7.12. The molecule has 3 heterocycles. The molecule has 0 atom stereocenters. The van der Waals surface area contributed by atoms with Gasteiger partial charge in [0.2, 0.25) is 11.5 Å². The van der Waals surface area contributed by atoms with E-state index in [2.05, 4.69) is 25.6 Å². The predicted octanol–water partition coefficient (Wildman–Crippen LogP) is 4.61. The number of hydrogen-bond acceptors (Lipinski definition) is 7. The molecule has 4 aromatic rings. The van der Waals surface area contributed by atoms with Crippen molar-refractivity contribution >= 4 is 29.2 Å². The molecule has 34 heavy (non-hydrogen) atoms. The summed E-state index contributed by atoms with van der Waals surface area (Å²) in [6, 6.07) is 4.17. The van der Waals surface area contributed by atoms with Crippen LogP contribution in [0.3, 0.4) is 0 Å². The van der Waals surface area contributed by atoms with Gasteiger partial charge in [0.1, 0.15) is 5.82 Å². The summed E-state index contributed by atoms with van der Waals surface area (Å²) in [5.74, 6) is 0.267. The van der Waals surface area contributed by atoms with Crippen LogP contribution in [0.25, 0.3) is 17.0 Å². The molecule has 0 unspecified atom stereocenters. The standard InChI is InChI=1S/C23H21FN6O4/c1-12(2)33-23(32)28-15-8-26-22-29-18(11-30(22)10-15)16-7-14(5-6-17(16)24)27-20(31)19-9-25-21(34-19)13-3-4-13/h5-13H,3-4H2,1-2H3,(H,27,31)(H,28,32). The minimum absolute atomic E-state index is 0.0979. The van der Waals surface area contributed by atoms with E-state index in [1.54, 1.807) is 30.6 Å². The Bertz CT molecular complexity index is 1390. The van der Waals surface area contributed by atoms with Crippen molar-refractivity contribution in [2.24, 2.45) is 0 Å². The van der Waals surface area contributed by atoms with Gasteiger partial charge in [0.25, 0.3) is 5.91 Å².